The Balaban J connectivity index is 2.28. The van der Waals surface area contributed by atoms with Crippen molar-refractivity contribution in [2.24, 2.45) is 5.73 Å². The highest BCUT2D eigenvalue weighted by molar-refractivity contribution is 6.30. The Labute approximate surface area is 110 Å². The molecule has 5 N–H and O–H groups in total. The van der Waals surface area contributed by atoms with Crippen molar-refractivity contribution in [1.29, 1.82) is 0 Å². The number of halogens is 1. The number of nitrogens with zero attached hydrogens (tertiary/aromatic N) is 3. The number of quaternary nitrogens is 1. The summed E-state index contributed by atoms with van der Waals surface area (Å²) in [5.74, 6) is 0.862. The van der Waals surface area contributed by atoms with Crippen LogP contribution in [0.5, 0.6) is 0 Å². The Morgan fingerprint density at radius 2 is 2.00 bits per heavy atom. The lowest BCUT2D eigenvalue weighted by Gasteiger charge is -2.29. The lowest BCUT2D eigenvalue weighted by molar-refractivity contribution is -0.834. The van der Waals surface area contributed by atoms with Crippen molar-refractivity contribution in [1.82, 2.24) is 10.2 Å². The van der Waals surface area contributed by atoms with Crippen molar-refractivity contribution in [3.63, 3.8) is 0 Å². The number of nitrogens with two attached hydrogens (primary N) is 2. The van der Waals surface area contributed by atoms with Crippen molar-refractivity contribution in [2.45, 2.75) is 20.4 Å². The number of rotatable bonds is 2. The predicted molar refractivity (Wildman–Crippen MR) is 70.2 cm³/mol. The monoisotopic (exact) mass is 266 g/mol. The lowest BCUT2D eigenvalue weighted by atomic mass is 10.1. The summed E-state index contributed by atoms with van der Waals surface area (Å²) in [5, 5.41) is 8.82. The highest BCUT2D eigenvalue weighted by Gasteiger charge is 2.18. The second-order valence-electron chi connectivity index (χ2n) is 4.16. The van der Waals surface area contributed by atoms with E-state index in [-0.39, 0.29) is 0 Å². The summed E-state index contributed by atoms with van der Waals surface area (Å²) in [6, 6.07) is 0. The Morgan fingerprint density at radius 3 is 2.72 bits per heavy atom. The summed E-state index contributed by atoms with van der Waals surface area (Å²) in [5.41, 5.74) is 18.6. The first-order chi connectivity index (χ1) is 8.49. The summed E-state index contributed by atoms with van der Waals surface area (Å²) >= 11 is 5.95. The zero-order valence-electron chi connectivity index (χ0n) is 10.2. The Bertz CT molecular complexity index is 537. The molecule has 0 amide bonds. The SMILES string of the molecule is CC1=CC=C(N)[N-][NH+]1Cc1c(N)nnc(Cl)c1C. The van der Waals surface area contributed by atoms with Gasteiger partial charge in [0, 0.05) is 12.5 Å². The van der Waals surface area contributed by atoms with Crippen LogP contribution in [0.15, 0.2) is 23.7 Å². The van der Waals surface area contributed by atoms with Gasteiger partial charge in [-0.3, -0.25) is 10.4 Å². The molecule has 0 fully saturated rings. The summed E-state index contributed by atoms with van der Waals surface area (Å²) < 4.78 is 0. The maximum absolute atomic E-state index is 5.95. The molecule has 0 radical (unpaired) electrons. The van der Waals surface area contributed by atoms with Gasteiger partial charge in [-0.1, -0.05) is 17.7 Å². The molecular weight excluding hydrogens is 252 g/mol. The molecule has 2 heterocycles. The normalized spacial score (nSPS) is 18.9. The molecule has 1 unspecified atom stereocenters. The maximum atomic E-state index is 5.95. The largest absolute Gasteiger partial charge is 0.491 e. The molecule has 6 nitrogen and oxygen atoms in total. The van der Waals surface area contributed by atoms with Crippen LogP contribution in [0.4, 0.5) is 5.82 Å². The number of nitrogen functional groups attached to an aromatic ring is 1. The highest BCUT2D eigenvalue weighted by Crippen LogP contribution is 2.19. The average molecular weight is 267 g/mol. The fraction of sp³-hybridized carbons (Fsp3) is 0.273. The number of hydrogen-bond donors (Lipinski definition) is 3. The quantitative estimate of drug-likeness (QED) is 0.722. The van der Waals surface area contributed by atoms with E-state index in [0.29, 0.717) is 23.3 Å². The minimum atomic E-state index is 0.362. The van der Waals surface area contributed by atoms with E-state index in [1.165, 1.54) is 0 Å². The molecule has 0 saturated carbocycles. The predicted octanol–water partition coefficient (Wildman–Crippen LogP) is 0.412. The van der Waals surface area contributed by atoms with Crippen LogP contribution in [0.25, 0.3) is 5.43 Å². The molecule has 1 aliphatic heterocycles. The number of aromatic nitrogens is 2. The van der Waals surface area contributed by atoms with Gasteiger partial charge in [0.1, 0.15) is 12.2 Å². The van der Waals surface area contributed by atoms with Gasteiger partial charge < -0.3 is 11.5 Å². The Morgan fingerprint density at radius 1 is 1.28 bits per heavy atom. The smallest absolute Gasteiger partial charge is 0.155 e. The number of anilines is 1. The van der Waals surface area contributed by atoms with Crippen molar-refractivity contribution >= 4 is 17.4 Å². The van der Waals surface area contributed by atoms with E-state index in [1.54, 1.807) is 6.08 Å². The third kappa shape index (κ3) is 2.39. The molecule has 96 valence electrons. The van der Waals surface area contributed by atoms with Crippen LogP contribution in [0.2, 0.25) is 5.15 Å². The Kier molecular flexibility index (Phi) is 3.40. The molecule has 7 heteroatoms. The fourth-order valence-corrected chi connectivity index (χ4v) is 1.86. The third-order valence-electron chi connectivity index (χ3n) is 2.88. The molecule has 0 bridgehead atoms. The number of allylic oxidation sites excluding steroid dienone is 3. The molecule has 0 spiro atoms. The standard InChI is InChI=1S/C11H15ClN6/c1-6-3-4-9(13)17-18(6)5-8-7(2)10(12)15-16-11(8)14/h3-4,18H,5,13H2,1-2H3,(H2,14,16). The van der Waals surface area contributed by atoms with Gasteiger partial charge in [-0.25, -0.2) is 0 Å². The van der Waals surface area contributed by atoms with Gasteiger partial charge >= 0.3 is 0 Å². The molecule has 0 aliphatic carbocycles. The van der Waals surface area contributed by atoms with Gasteiger partial charge in [0.2, 0.25) is 0 Å². The minimum absolute atomic E-state index is 0.362. The van der Waals surface area contributed by atoms with Crippen LogP contribution in [-0.4, -0.2) is 10.2 Å². The van der Waals surface area contributed by atoms with E-state index >= 15 is 0 Å². The van der Waals surface area contributed by atoms with Gasteiger partial charge in [-0.05, 0) is 18.8 Å². The van der Waals surface area contributed by atoms with Crippen molar-refractivity contribution in [3.05, 3.63) is 45.4 Å². The van der Waals surface area contributed by atoms with Gasteiger partial charge in [0.05, 0.1) is 5.56 Å². The van der Waals surface area contributed by atoms with Crippen molar-refractivity contribution in [3.8, 4) is 0 Å². The van der Waals surface area contributed by atoms with Crippen molar-refractivity contribution < 1.29 is 5.01 Å². The van der Waals surface area contributed by atoms with Crippen LogP contribution >= 0.6 is 11.6 Å². The second-order valence-corrected chi connectivity index (χ2v) is 4.51. The number of hydrogen-bond acceptors (Lipinski definition) is 4. The first kappa shape index (κ1) is 12.7. The van der Waals surface area contributed by atoms with Gasteiger partial charge in [-0.2, -0.15) is 0 Å². The van der Waals surface area contributed by atoms with E-state index in [4.69, 9.17) is 23.1 Å². The molecule has 1 atom stereocenters. The van der Waals surface area contributed by atoms with Crippen LogP contribution in [0.1, 0.15) is 18.1 Å². The molecule has 1 aliphatic rings. The van der Waals surface area contributed by atoms with Crippen LogP contribution in [0, 0.1) is 6.92 Å². The van der Waals surface area contributed by atoms with Crippen LogP contribution in [0.3, 0.4) is 0 Å². The summed E-state index contributed by atoms with van der Waals surface area (Å²) in [4.78, 5) is 0. The van der Waals surface area contributed by atoms with E-state index in [9.17, 15) is 0 Å². The topological polar surface area (TPSA) is 96.4 Å². The zero-order valence-corrected chi connectivity index (χ0v) is 11.0. The van der Waals surface area contributed by atoms with E-state index in [0.717, 1.165) is 21.8 Å². The molecular formula is C11H15ClN6. The first-order valence-corrected chi connectivity index (χ1v) is 5.86. The maximum Gasteiger partial charge on any atom is 0.155 e. The molecule has 18 heavy (non-hydrogen) atoms. The zero-order chi connectivity index (χ0) is 13.3. The van der Waals surface area contributed by atoms with Crippen molar-refractivity contribution in [2.75, 3.05) is 5.73 Å². The van der Waals surface area contributed by atoms with Gasteiger partial charge in [0.25, 0.3) is 0 Å². The minimum Gasteiger partial charge on any atom is -0.491 e. The summed E-state index contributed by atoms with van der Waals surface area (Å²) in [7, 11) is 0. The molecule has 0 aromatic carbocycles. The summed E-state index contributed by atoms with van der Waals surface area (Å²) in [6.07, 6.45) is 3.70. The summed E-state index contributed by atoms with van der Waals surface area (Å²) in [6.45, 7) is 4.39. The lowest BCUT2D eigenvalue weighted by Crippen LogP contribution is -3.04. The number of nitrogens with one attached hydrogen (secondary N) is 1. The molecule has 2 rings (SSSR count). The van der Waals surface area contributed by atoms with Crippen LogP contribution < -0.4 is 16.5 Å². The van der Waals surface area contributed by atoms with E-state index in [2.05, 4.69) is 15.6 Å². The highest BCUT2D eigenvalue weighted by atomic mass is 35.5. The van der Waals surface area contributed by atoms with Gasteiger partial charge in [0.15, 0.2) is 11.0 Å². The molecule has 1 aromatic rings. The van der Waals surface area contributed by atoms with E-state index in [1.807, 2.05) is 19.9 Å². The first-order valence-electron chi connectivity index (χ1n) is 5.48. The molecule has 0 saturated heterocycles. The fourth-order valence-electron chi connectivity index (χ4n) is 1.71. The average Bonchev–Trinajstić information content (AvgIpc) is 2.34. The second kappa shape index (κ2) is 4.83. The van der Waals surface area contributed by atoms with E-state index < -0.39 is 0 Å². The Hall–Kier alpha value is -1.79. The van der Waals surface area contributed by atoms with Gasteiger partial charge in [-0.15, -0.1) is 10.2 Å². The van der Waals surface area contributed by atoms with Crippen LogP contribution in [-0.2, 0) is 6.54 Å². The third-order valence-corrected chi connectivity index (χ3v) is 3.24. The molecule has 1 aromatic heterocycles.